The minimum absolute atomic E-state index is 0.0722. The molecule has 0 saturated carbocycles. The van der Waals surface area contributed by atoms with Crippen molar-refractivity contribution in [1.82, 2.24) is 15.5 Å². The van der Waals surface area contributed by atoms with Crippen molar-refractivity contribution in [2.45, 2.75) is 6.10 Å². The van der Waals surface area contributed by atoms with Gasteiger partial charge in [-0.1, -0.05) is 17.7 Å². The third-order valence-electron chi connectivity index (χ3n) is 3.82. The molecule has 0 bridgehead atoms. The molecule has 1 aliphatic heterocycles. The van der Waals surface area contributed by atoms with Crippen molar-refractivity contribution in [2.24, 2.45) is 0 Å². The number of carbonyl (C=O) groups excluding carboxylic acids is 1. The molecule has 0 spiro atoms. The van der Waals surface area contributed by atoms with Gasteiger partial charge in [-0.25, -0.2) is 4.39 Å². The molecule has 1 aromatic carbocycles. The van der Waals surface area contributed by atoms with Crippen LogP contribution in [0.15, 0.2) is 30.3 Å². The zero-order valence-electron chi connectivity index (χ0n) is 13.0. The first kappa shape index (κ1) is 16.6. The van der Waals surface area contributed by atoms with Crippen LogP contribution in [0.4, 0.5) is 10.2 Å². The fraction of sp³-hybridized carbons (Fsp3) is 0.312. The van der Waals surface area contributed by atoms with E-state index in [0.29, 0.717) is 25.5 Å². The van der Waals surface area contributed by atoms with E-state index in [9.17, 15) is 9.18 Å². The summed E-state index contributed by atoms with van der Waals surface area (Å²) in [6, 6.07) is 7.94. The quantitative estimate of drug-likeness (QED) is 0.919. The molecule has 3 rings (SSSR count). The highest BCUT2D eigenvalue weighted by Gasteiger charge is 2.24. The summed E-state index contributed by atoms with van der Waals surface area (Å²) in [5, 5.41) is 10.6. The normalized spacial score (nSPS) is 17.6. The Hall–Kier alpha value is -2.25. The molecule has 1 fully saturated rings. The number of nitrogens with one attached hydrogen (secondary N) is 1. The minimum atomic E-state index is -0.455. The molecule has 1 saturated heterocycles. The second-order valence-corrected chi connectivity index (χ2v) is 5.74. The molecule has 0 radical (unpaired) electrons. The smallest absolute Gasteiger partial charge is 0.271 e. The number of rotatable bonds is 3. The van der Waals surface area contributed by atoms with Crippen molar-refractivity contribution in [3.63, 3.8) is 0 Å². The van der Waals surface area contributed by atoms with Gasteiger partial charge in [0.25, 0.3) is 5.91 Å². The molecule has 2 heterocycles. The summed E-state index contributed by atoms with van der Waals surface area (Å²) in [5.74, 6) is -0.0808. The van der Waals surface area contributed by atoms with Gasteiger partial charge in [0.05, 0.1) is 11.6 Å². The molecule has 0 aliphatic carbocycles. The van der Waals surface area contributed by atoms with E-state index in [2.05, 4.69) is 15.5 Å². The number of nitrogens with zero attached hydrogens (tertiary/aromatic N) is 3. The Morgan fingerprint density at radius 2 is 2.21 bits per heavy atom. The molecule has 6 nitrogen and oxygen atoms in total. The second kappa shape index (κ2) is 7.11. The zero-order chi connectivity index (χ0) is 17.1. The Balaban J connectivity index is 1.75. The largest absolute Gasteiger partial charge is 0.370 e. The van der Waals surface area contributed by atoms with E-state index < -0.39 is 5.82 Å². The molecule has 1 aromatic heterocycles. The van der Waals surface area contributed by atoms with Gasteiger partial charge in [-0.15, -0.1) is 10.2 Å². The van der Waals surface area contributed by atoms with Crippen LogP contribution in [0, 0.1) is 5.82 Å². The lowest BCUT2D eigenvalue weighted by molar-refractivity contribution is 0.0394. The van der Waals surface area contributed by atoms with E-state index in [1.807, 2.05) is 4.90 Å². The lowest BCUT2D eigenvalue weighted by atomic mass is 10.1. The number of carbonyl (C=O) groups is 1. The van der Waals surface area contributed by atoms with Gasteiger partial charge in [0, 0.05) is 20.1 Å². The third kappa shape index (κ3) is 3.47. The number of hydrogen-bond donors (Lipinski definition) is 1. The van der Waals surface area contributed by atoms with Crippen LogP contribution in [-0.4, -0.2) is 42.8 Å². The Morgan fingerprint density at radius 3 is 2.88 bits per heavy atom. The lowest BCUT2D eigenvalue weighted by Crippen LogP contribution is -2.39. The van der Waals surface area contributed by atoms with Crippen LogP contribution in [0.5, 0.6) is 0 Å². The molecule has 1 N–H and O–H groups in total. The van der Waals surface area contributed by atoms with E-state index in [4.69, 9.17) is 16.3 Å². The number of anilines is 1. The Morgan fingerprint density at radius 1 is 1.38 bits per heavy atom. The maximum absolute atomic E-state index is 13.3. The van der Waals surface area contributed by atoms with Crippen LogP contribution in [-0.2, 0) is 4.74 Å². The first-order chi connectivity index (χ1) is 11.6. The van der Waals surface area contributed by atoms with E-state index in [1.54, 1.807) is 31.3 Å². The molecule has 1 amide bonds. The van der Waals surface area contributed by atoms with Gasteiger partial charge >= 0.3 is 0 Å². The summed E-state index contributed by atoms with van der Waals surface area (Å²) < 4.78 is 19.1. The van der Waals surface area contributed by atoms with Crippen LogP contribution >= 0.6 is 11.6 Å². The maximum Gasteiger partial charge on any atom is 0.271 e. The van der Waals surface area contributed by atoms with Crippen LogP contribution in [0.2, 0.25) is 5.02 Å². The predicted molar refractivity (Wildman–Crippen MR) is 87.7 cm³/mol. The highest BCUT2D eigenvalue weighted by molar-refractivity contribution is 6.30. The van der Waals surface area contributed by atoms with Gasteiger partial charge in [0.2, 0.25) is 0 Å². The van der Waals surface area contributed by atoms with Crippen LogP contribution in [0.3, 0.4) is 0 Å². The Labute approximate surface area is 143 Å². The molecule has 126 valence electrons. The van der Waals surface area contributed by atoms with Crippen molar-refractivity contribution < 1.29 is 13.9 Å². The monoisotopic (exact) mass is 350 g/mol. The molecule has 1 unspecified atom stereocenters. The van der Waals surface area contributed by atoms with Crippen molar-refractivity contribution in [3.05, 3.63) is 52.4 Å². The van der Waals surface area contributed by atoms with E-state index in [-0.39, 0.29) is 22.7 Å². The van der Waals surface area contributed by atoms with Crippen molar-refractivity contribution in [3.8, 4) is 0 Å². The highest BCUT2D eigenvalue weighted by atomic mass is 35.5. The molecule has 8 heteroatoms. The van der Waals surface area contributed by atoms with Crippen LogP contribution < -0.4 is 10.2 Å². The van der Waals surface area contributed by atoms with Crippen molar-refractivity contribution in [1.29, 1.82) is 0 Å². The Kier molecular flexibility index (Phi) is 4.92. The zero-order valence-corrected chi connectivity index (χ0v) is 13.8. The predicted octanol–water partition coefficient (Wildman–Crippen LogP) is 2.21. The first-order valence-electron chi connectivity index (χ1n) is 7.46. The number of amides is 1. The van der Waals surface area contributed by atoms with Crippen molar-refractivity contribution >= 4 is 23.3 Å². The summed E-state index contributed by atoms with van der Waals surface area (Å²) in [4.78, 5) is 13.5. The summed E-state index contributed by atoms with van der Waals surface area (Å²) in [6.45, 7) is 1.69. The maximum atomic E-state index is 13.3. The SMILES string of the molecule is CNC(=O)c1ccc(N2CCOC(c3ccc(F)c(Cl)c3)C2)nn1. The highest BCUT2D eigenvalue weighted by Crippen LogP contribution is 2.27. The van der Waals surface area contributed by atoms with E-state index in [1.165, 1.54) is 6.07 Å². The van der Waals surface area contributed by atoms with Crippen LogP contribution in [0.1, 0.15) is 22.2 Å². The van der Waals surface area contributed by atoms with Gasteiger partial charge in [-0.05, 0) is 29.8 Å². The first-order valence-corrected chi connectivity index (χ1v) is 7.83. The molecule has 1 aliphatic rings. The van der Waals surface area contributed by atoms with Gasteiger partial charge in [0.15, 0.2) is 11.5 Å². The second-order valence-electron chi connectivity index (χ2n) is 5.33. The lowest BCUT2D eigenvalue weighted by Gasteiger charge is -2.33. The standard InChI is InChI=1S/C16H16ClFN4O2/c1-19-16(23)13-4-5-15(21-20-13)22-6-7-24-14(9-22)10-2-3-12(18)11(17)8-10/h2-5,8,14H,6-7,9H2,1H3,(H,19,23). The third-order valence-corrected chi connectivity index (χ3v) is 4.11. The number of morpholine rings is 1. The Bertz CT molecular complexity index is 741. The summed E-state index contributed by atoms with van der Waals surface area (Å²) in [6.07, 6.45) is -0.239. The fourth-order valence-electron chi connectivity index (χ4n) is 2.51. The minimum Gasteiger partial charge on any atom is -0.370 e. The van der Waals surface area contributed by atoms with E-state index >= 15 is 0 Å². The van der Waals surface area contributed by atoms with Gasteiger partial charge in [0.1, 0.15) is 11.9 Å². The molecular formula is C16H16ClFN4O2. The number of hydrogen-bond acceptors (Lipinski definition) is 5. The molecular weight excluding hydrogens is 335 g/mol. The van der Waals surface area contributed by atoms with E-state index in [0.717, 1.165) is 5.56 Å². The average Bonchev–Trinajstić information content (AvgIpc) is 2.63. The molecule has 2 aromatic rings. The summed E-state index contributed by atoms with van der Waals surface area (Å²) >= 11 is 5.84. The number of ether oxygens (including phenoxy) is 1. The van der Waals surface area contributed by atoms with Crippen molar-refractivity contribution in [2.75, 3.05) is 31.6 Å². The summed E-state index contributed by atoms with van der Waals surface area (Å²) in [5.41, 5.74) is 1.07. The van der Waals surface area contributed by atoms with Gasteiger partial charge in [-0.2, -0.15) is 0 Å². The average molecular weight is 351 g/mol. The van der Waals surface area contributed by atoms with Gasteiger partial charge < -0.3 is 15.0 Å². The van der Waals surface area contributed by atoms with Gasteiger partial charge in [-0.3, -0.25) is 4.79 Å². The molecule has 1 atom stereocenters. The van der Waals surface area contributed by atoms with Crippen LogP contribution in [0.25, 0.3) is 0 Å². The topological polar surface area (TPSA) is 67.4 Å². The number of halogens is 2. The number of aromatic nitrogens is 2. The number of benzene rings is 1. The summed E-state index contributed by atoms with van der Waals surface area (Å²) in [7, 11) is 1.54. The molecule has 24 heavy (non-hydrogen) atoms. The fourth-order valence-corrected chi connectivity index (χ4v) is 2.70.